The van der Waals surface area contributed by atoms with E-state index in [2.05, 4.69) is 26.1 Å². The molecule has 3 rings (SSSR count). The molecule has 0 unspecified atom stereocenters. The number of hydrogen-bond acceptors (Lipinski definition) is 4. The van der Waals surface area contributed by atoms with Crippen molar-refractivity contribution in [2.75, 3.05) is 33.8 Å². The van der Waals surface area contributed by atoms with Crippen LogP contribution in [-0.4, -0.2) is 44.6 Å². The number of nitrogens with one attached hydrogen (secondary N) is 1. The van der Waals surface area contributed by atoms with Gasteiger partial charge in [0.25, 0.3) is 0 Å². The first-order valence-corrected chi connectivity index (χ1v) is 11.2. The van der Waals surface area contributed by atoms with Crippen LogP contribution in [0.2, 0.25) is 0 Å². The summed E-state index contributed by atoms with van der Waals surface area (Å²) in [6.45, 7) is 5.99. The smallest absolute Gasteiger partial charge is 0.244 e. The predicted octanol–water partition coefficient (Wildman–Crippen LogP) is 5.73. The highest BCUT2D eigenvalue weighted by Gasteiger charge is 2.15. The van der Waals surface area contributed by atoms with E-state index >= 15 is 0 Å². The van der Waals surface area contributed by atoms with Gasteiger partial charge in [0.2, 0.25) is 5.91 Å². The third-order valence-corrected chi connectivity index (χ3v) is 5.51. The zero-order chi connectivity index (χ0) is 22.4. The number of fused-ring (bicyclic) bond motifs is 1. The second kappa shape index (κ2) is 10.6. The highest BCUT2D eigenvalue weighted by Crippen LogP contribution is 2.37. The average molecular weight is 485 g/mol. The molecule has 1 N–H and O–H groups in total. The van der Waals surface area contributed by atoms with Crippen molar-refractivity contribution in [3.8, 4) is 16.9 Å². The molecule has 0 aliphatic heterocycles. The van der Waals surface area contributed by atoms with Gasteiger partial charge in [-0.25, -0.2) is 0 Å². The van der Waals surface area contributed by atoms with Crippen LogP contribution in [0.3, 0.4) is 0 Å². The van der Waals surface area contributed by atoms with Crippen LogP contribution in [0.4, 0.5) is 0 Å². The van der Waals surface area contributed by atoms with Crippen molar-refractivity contribution in [2.45, 2.75) is 20.3 Å². The van der Waals surface area contributed by atoms with Crippen molar-refractivity contribution in [3.05, 3.63) is 58.8 Å². The summed E-state index contributed by atoms with van der Waals surface area (Å²) in [7, 11) is 4.05. The quantitative estimate of drug-likeness (QED) is 0.311. The molecule has 0 spiro atoms. The van der Waals surface area contributed by atoms with Crippen LogP contribution in [0.25, 0.3) is 27.7 Å². The van der Waals surface area contributed by atoms with Gasteiger partial charge >= 0.3 is 0 Å². The Hall–Kier alpha value is -2.57. The highest BCUT2D eigenvalue weighted by molar-refractivity contribution is 9.10. The van der Waals surface area contributed by atoms with Gasteiger partial charge in [-0.3, -0.25) is 4.79 Å². The number of ether oxygens (including phenoxy) is 1. The minimum Gasteiger partial charge on any atom is -0.493 e. The summed E-state index contributed by atoms with van der Waals surface area (Å²) in [6, 6.07) is 12.1. The highest BCUT2D eigenvalue weighted by atomic mass is 79.9. The number of hydrogen-bond donors (Lipinski definition) is 1. The van der Waals surface area contributed by atoms with Gasteiger partial charge in [0, 0.05) is 39.7 Å². The molecule has 164 valence electrons. The van der Waals surface area contributed by atoms with Gasteiger partial charge in [-0.05, 0) is 70.2 Å². The molecule has 6 heteroatoms. The first-order valence-electron chi connectivity index (χ1n) is 10.4. The molecule has 0 radical (unpaired) electrons. The standard InChI is InChI=1S/C25H29BrN2O3/c1-5-30-23-15-24-21(22(16-31-24)18-7-9-19(26)10-8-18)14-20(23)17(2)13-25(29)27-11-6-12-28(3)4/h7-10,13-16H,5-6,11-12H2,1-4H3,(H,27,29)/b17-13+. The molecule has 0 aliphatic rings. The fourth-order valence-corrected chi connectivity index (χ4v) is 3.69. The third kappa shape index (κ3) is 5.99. The van der Waals surface area contributed by atoms with Crippen LogP contribution in [-0.2, 0) is 4.79 Å². The largest absolute Gasteiger partial charge is 0.493 e. The van der Waals surface area contributed by atoms with E-state index in [9.17, 15) is 4.79 Å². The van der Waals surface area contributed by atoms with Crippen LogP contribution in [0, 0.1) is 0 Å². The maximum Gasteiger partial charge on any atom is 0.244 e. The lowest BCUT2D eigenvalue weighted by Gasteiger charge is -2.12. The number of rotatable bonds is 9. The van der Waals surface area contributed by atoms with Crippen LogP contribution < -0.4 is 10.1 Å². The molecule has 0 fully saturated rings. The normalized spacial score (nSPS) is 11.9. The van der Waals surface area contributed by atoms with Crippen LogP contribution in [0.15, 0.2) is 57.6 Å². The Labute approximate surface area is 192 Å². The minimum atomic E-state index is -0.0980. The number of furan rings is 1. The number of carbonyl (C=O) groups is 1. The van der Waals surface area contributed by atoms with Gasteiger partial charge in [-0.15, -0.1) is 0 Å². The Balaban J connectivity index is 1.91. The lowest BCUT2D eigenvalue weighted by atomic mass is 9.99. The monoisotopic (exact) mass is 484 g/mol. The molecule has 0 saturated heterocycles. The van der Waals surface area contributed by atoms with Crippen molar-refractivity contribution in [1.82, 2.24) is 10.2 Å². The first kappa shape index (κ1) is 23.1. The van der Waals surface area contributed by atoms with Gasteiger partial charge < -0.3 is 19.4 Å². The maximum atomic E-state index is 12.4. The Bertz CT molecular complexity index is 1070. The Morgan fingerprint density at radius 2 is 1.97 bits per heavy atom. The van der Waals surface area contributed by atoms with Crippen molar-refractivity contribution in [2.24, 2.45) is 0 Å². The summed E-state index contributed by atoms with van der Waals surface area (Å²) < 4.78 is 12.7. The van der Waals surface area contributed by atoms with Gasteiger partial charge in [-0.2, -0.15) is 0 Å². The van der Waals surface area contributed by atoms with E-state index in [0.29, 0.717) is 18.9 Å². The van der Waals surface area contributed by atoms with Gasteiger partial charge in [-0.1, -0.05) is 28.1 Å². The number of carbonyl (C=O) groups excluding carboxylic acids is 1. The molecule has 0 aliphatic carbocycles. The Kier molecular flexibility index (Phi) is 7.93. The van der Waals surface area contributed by atoms with E-state index < -0.39 is 0 Å². The first-order chi connectivity index (χ1) is 14.9. The lowest BCUT2D eigenvalue weighted by molar-refractivity contribution is -0.116. The summed E-state index contributed by atoms with van der Waals surface area (Å²) in [5.74, 6) is 0.611. The molecule has 0 bridgehead atoms. The maximum absolute atomic E-state index is 12.4. The van der Waals surface area contributed by atoms with Gasteiger partial charge in [0.15, 0.2) is 0 Å². The number of benzene rings is 2. The zero-order valence-corrected chi connectivity index (χ0v) is 20.1. The molecule has 0 atom stereocenters. The SMILES string of the molecule is CCOc1cc2occ(-c3ccc(Br)cc3)c2cc1/C(C)=C/C(=O)NCCCN(C)C. The summed E-state index contributed by atoms with van der Waals surface area (Å²) in [4.78, 5) is 14.5. The van der Waals surface area contributed by atoms with Crippen molar-refractivity contribution < 1.29 is 13.9 Å². The molecule has 5 nitrogen and oxygen atoms in total. The number of allylic oxidation sites excluding steroid dienone is 1. The van der Waals surface area contributed by atoms with Crippen LogP contribution in [0.1, 0.15) is 25.8 Å². The van der Waals surface area contributed by atoms with Crippen molar-refractivity contribution >= 4 is 38.4 Å². The van der Waals surface area contributed by atoms with E-state index in [4.69, 9.17) is 9.15 Å². The summed E-state index contributed by atoms with van der Waals surface area (Å²) in [5, 5.41) is 3.95. The van der Waals surface area contributed by atoms with E-state index in [1.807, 2.05) is 64.3 Å². The number of nitrogens with zero attached hydrogens (tertiary/aromatic N) is 1. The fourth-order valence-electron chi connectivity index (χ4n) is 3.42. The molecule has 1 heterocycles. The van der Waals surface area contributed by atoms with Crippen LogP contribution in [0.5, 0.6) is 5.75 Å². The predicted molar refractivity (Wildman–Crippen MR) is 130 cm³/mol. The Morgan fingerprint density at radius 1 is 1.23 bits per heavy atom. The molecule has 0 saturated carbocycles. The summed E-state index contributed by atoms with van der Waals surface area (Å²) in [5.41, 5.74) is 4.56. The Morgan fingerprint density at radius 3 is 2.65 bits per heavy atom. The molecule has 3 aromatic rings. The molecule has 2 aromatic carbocycles. The third-order valence-electron chi connectivity index (χ3n) is 4.98. The van der Waals surface area contributed by atoms with Gasteiger partial charge in [0.05, 0.1) is 12.9 Å². The van der Waals surface area contributed by atoms with E-state index in [1.165, 1.54) is 0 Å². The average Bonchev–Trinajstić information content (AvgIpc) is 3.14. The second-order valence-corrected chi connectivity index (χ2v) is 8.62. The summed E-state index contributed by atoms with van der Waals surface area (Å²) >= 11 is 3.48. The van der Waals surface area contributed by atoms with Gasteiger partial charge in [0.1, 0.15) is 11.3 Å². The topological polar surface area (TPSA) is 54.7 Å². The fraction of sp³-hybridized carbons (Fsp3) is 0.320. The molecule has 1 aromatic heterocycles. The van der Waals surface area contributed by atoms with E-state index in [0.717, 1.165) is 50.7 Å². The molecule has 31 heavy (non-hydrogen) atoms. The van der Waals surface area contributed by atoms with Crippen LogP contribution >= 0.6 is 15.9 Å². The summed E-state index contributed by atoms with van der Waals surface area (Å²) in [6.07, 6.45) is 4.32. The second-order valence-electron chi connectivity index (χ2n) is 7.71. The van der Waals surface area contributed by atoms with Crippen molar-refractivity contribution in [3.63, 3.8) is 0 Å². The van der Waals surface area contributed by atoms with Crippen molar-refractivity contribution in [1.29, 1.82) is 0 Å². The zero-order valence-electron chi connectivity index (χ0n) is 18.5. The van der Waals surface area contributed by atoms with E-state index in [1.54, 1.807) is 12.3 Å². The minimum absolute atomic E-state index is 0.0980. The number of amides is 1. The lowest BCUT2D eigenvalue weighted by Crippen LogP contribution is -2.25. The van der Waals surface area contributed by atoms with E-state index in [-0.39, 0.29) is 5.91 Å². The molecular formula is C25H29BrN2O3. The molecule has 1 amide bonds. The number of halogens is 1. The molecular weight excluding hydrogens is 456 g/mol.